The van der Waals surface area contributed by atoms with Gasteiger partial charge in [0.25, 0.3) is 0 Å². The molecule has 2 aliphatic heterocycles. The molecule has 120 valence electrons. The highest BCUT2D eigenvalue weighted by molar-refractivity contribution is 6.42. The van der Waals surface area contributed by atoms with Crippen LogP contribution in [0, 0.1) is 0 Å². The molecule has 0 fully saturated rings. The zero-order chi connectivity index (χ0) is 16.7. The first kappa shape index (κ1) is 15.1. The zero-order valence-electron chi connectivity index (χ0n) is 12.5. The van der Waals surface area contributed by atoms with Crippen LogP contribution in [0.15, 0.2) is 70.1 Å². The lowest BCUT2D eigenvalue weighted by Crippen LogP contribution is -2.49. The smallest absolute Gasteiger partial charge is 0.169 e. The SMILES string of the molecule is NC1=C2C=NN=C2N(c2ccc(Cl)c(Cl)c2)CN1c1ccccc1. The highest BCUT2D eigenvalue weighted by atomic mass is 35.5. The van der Waals surface area contributed by atoms with E-state index in [-0.39, 0.29) is 0 Å². The van der Waals surface area contributed by atoms with Gasteiger partial charge >= 0.3 is 0 Å². The minimum atomic E-state index is 0.490. The van der Waals surface area contributed by atoms with Gasteiger partial charge in [0.05, 0.1) is 21.8 Å². The number of rotatable bonds is 2. The summed E-state index contributed by atoms with van der Waals surface area (Å²) in [7, 11) is 0. The van der Waals surface area contributed by atoms with Crippen LogP contribution in [0.3, 0.4) is 0 Å². The third-order valence-electron chi connectivity index (χ3n) is 3.97. The maximum Gasteiger partial charge on any atom is 0.169 e. The Kier molecular flexibility index (Phi) is 3.67. The molecule has 4 rings (SSSR count). The highest BCUT2D eigenvalue weighted by Crippen LogP contribution is 2.32. The van der Waals surface area contributed by atoms with Gasteiger partial charge in [-0.1, -0.05) is 41.4 Å². The van der Waals surface area contributed by atoms with Crippen molar-refractivity contribution in [1.29, 1.82) is 0 Å². The monoisotopic (exact) mass is 357 g/mol. The molecule has 2 N–H and O–H groups in total. The predicted molar refractivity (Wildman–Crippen MR) is 99.9 cm³/mol. The molecular weight excluding hydrogens is 345 g/mol. The Bertz CT molecular complexity index is 889. The number of halogens is 2. The molecule has 2 aromatic carbocycles. The summed E-state index contributed by atoms with van der Waals surface area (Å²) in [6.45, 7) is 0.500. The Morgan fingerprint density at radius 1 is 0.917 bits per heavy atom. The molecule has 5 nitrogen and oxygen atoms in total. The first-order chi connectivity index (χ1) is 11.6. The summed E-state index contributed by atoms with van der Waals surface area (Å²) in [6, 6.07) is 15.4. The maximum absolute atomic E-state index is 6.35. The van der Waals surface area contributed by atoms with Gasteiger partial charge in [-0.2, -0.15) is 5.10 Å². The van der Waals surface area contributed by atoms with Crippen molar-refractivity contribution < 1.29 is 0 Å². The number of para-hydroxylation sites is 1. The number of hydrogen-bond acceptors (Lipinski definition) is 5. The van der Waals surface area contributed by atoms with Crippen LogP contribution < -0.4 is 15.5 Å². The Balaban J connectivity index is 1.81. The fraction of sp³-hybridized carbons (Fsp3) is 0.0588. The molecule has 0 atom stereocenters. The van der Waals surface area contributed by atoms with E-state index in [4.69, 9.17) is 28.9 Å². The Morgan fingerprint density at radius 3 is 2.46 bits per heavy atom. The summed E-state index contributed by atoms with van der Waals surface area (Å²) in [5, 5.41) is 9.24. The van der Waals surface area contributed by atoms with Crippen LogP contribution >= 0.6 is 23.2 Å². The standard InChI is InChI=1S/C17H13Cl2N5/c18-14-7-6-12(8-15(14)19)24-10-23(11-4-2-1-3-5-11)16(20)13-9-21-22-17(13)24/h1-9H,10,20H2. The molecule has 7 heteroatoms. The third kappa shape index (κ3) is 2.42. The van der Waals surface area contributed by atoms with E-state index in [1.165, 1.54) is 0 Å². The van der Waals surface area contributed by atoms with Crippen molar-refractivity contribution in [3.8, 4) is 0 Å². The van der Waals surface area contributed by atoms with Crippen LogP contribution in [0.5, 0.6) is 0 Å². The van der Waals surface area contributed by atoms with E-state index in [2.05, 4.69) is 10.2 Å². The van der Waals surface area contributed by atoms with E-state index in [1.54, 1.807) is 12.3 Å². The molecule has 24 heavy (non-hydrogen) atoms. The van der Waals surface area contributed by atoms with Crippen molar-refractivity contribution in [2.75, 3.05) is 16.5 Å². The van der Waals surface area contributed by atoms with E-state index in [0.717, 1.165) is 16.9 Å². The quantitative estimate of drug-likeness (QED) is 0.887. The van der Waals surface area contributed by atoms with Gasteiger partial charge in [-0.25, -0.2) is 0 Å². The maximum atomic E-state index is 6.35. The Hall–Kier alpha value is -2.50. The molecule has 2 heterocycles. The molecule has 0 spiro atoms. The van der Waals surface area contributed by atoms with Gasteiger partial charge in [-0.05, 0) is 30.3 Å². The van der Waals surface area contributed by atoms with Gasteiger partial charge in [0, 0.05) is 11.4 Å². The number of hydrogen-bond donors (Lipinski definition) is 1. The fourth-order valence-electron chi connectivity index (χ4n) is 2.75. The van der Waals surface area contributed by atoms with Crippen LogP contribution in [0.4, 0.5) is 11.4 Å². The molecule has 0 saturated heterocycles. The van der Waals surface area contributed by atoms with Crippen molar-refractivity contribution >= 4 is 46.6 Å². The van der Waals surface area contributed by atoms with Crippen molar-refractivity contribution in [3.05, 3.63) is 70.0 Å². The van der Waals surface area contributed by atoms with Crippen molar-refractivity contribution in [3.63, 3.8) is 0 Å². The number of nitrogens with zero attached hydrogens (tertiary/aromatic N) is 4. The molecule has 2 aromatic rings. The van der Waals surface area contributed by atoms with Gasteiger partial charge in [0.1, 0.15) is 12.5 Å². The summed E-state index contributed by atoms with van der Waals surface area (Å²) in [5.41, 5.74) is 9.01. The molecule has 0 aliphatic carbocycles. The van der Waals surface area contributed by atoms with Crippen LogP contribution in [0.2, 0.25) is 10.0 Å². The van der Waals surface area contributed by atoms with Gasteiger partial charge in [0.2, 0.25) is 0 Å². The molecule has 0 saturated carbocycles. The average molecular weight is 358 g/mol. The predicted octanol–water partition coefficient (Wildman–Crippen LogP) is 3.85. The topological polar surface area (TPSA) is 57.2 Å². The Labute approximate surface area is 149 Å². The first-order valence-electron chi connectivity index (χ1n) is 7.31. The second kappa shape index (κ2) is 5.85. The molecule has 0 bridgehead atoms. The minimum Gasteiger partial charge on any atom is -0.384 e. The molecule has 0 radical (unpaired) electrons. The average Bonchev–Trinajstić information content (AvgIpc) is 3.09. The number of benzene rings is 2. The van der Waals surface area contributed by atoms with Crippen molar-refractivity contribution in [2.45, 2.75) is 0 Å². The fourth-order valence-corrected chi connectivity index (χ4v) is 3.04. The minimum absolute atomic E-state index is 0.490. The number of amidine groups is 1. The van der Waals surface area contributed by atoms with Crippen LogP contribution in [0.25, 0.3) is 0 Å². The lowest BCUT2D eigenvalue weighted by atomic mass is 10.1. The van der Waals surface area contributed by atoms with E-state index in [1.807, 2.05) is 52.3 Å². The van der Waals surface area contributed by atoms with Gasteiger partial charge in [-0.3, -0.25) is 0 Å². The van der Waals surface area contributed by atoms with E-state index in [9.17, 15) is 0 Å². The third-order valence-corrected chi connectivity index (χ3v) is 4.71. The molecule has 0 aromatic heterocycles. The Morgan fingerprint density at radius 2 is 1.71 bits per heavy atom. The number of nitrogens with two attached hydrogens (primary N) is 1. The summed E-state index contributed by atoms with van der Waals surface area (Å²) < 4.78 is 0. The van der Waals surface area contributed by atoms with E-state index >= 15 is 0 Å². The van der Waals surface area contributed by atoms with Crippen molar-refractivity contribution in [1.82, 2.24) is 0 Å². The zero-order valence-corrected chi connectivity index (χ0v) is 14.0. The molecular formula is C17H13Cl2N5. The highest BCUT2D eigenvalue weighted by Gasteiger charge is 2.32. The largest absolute Gasteiger partial charge is 0.384 e. The van der Waals surface area contributed by atoms with Crippen LogP contribution in [-0.2, 0) is 0 Å². The molecule has 2 aliphatic rings. The van der Waals surface area contributed by atoms with Gasteiger partial charge in [0.15, 0.2) is 5.84 Å². The van der Waals surface area contributed by atoms with Gasteiger partial charge < -0.3 is 15.5 Å². The summed E-state index contributed by atoms with van der Waals surface area (Å²) in [6.07, 6.45) is 1.67. The second-order valence-electron chi connectivity index (χ2n) is 5.40. The summed E-state index contributed by atoms with van der Waals surface area (Å²) in [4.78, 5) is 4.02. The second-order valence-corrected chi connectivity index (χ2v) is 6.21. The molecule has 0 unspecified atom stereocenters. The normalized spacial score (nSPS) is 16.5. The van der Waals surface area contributed by atoms with Crippen LogP contribution in [0.1, 0.15) is 0 Å². The van der Waals surface area contributed by atoms with Crippen molar-refractivity contribution in [2.24, 2.45) is 15.9 Å². The lowest BCUT2D eigenvalue weighted by Gasteiger charge is -2.38. The number of fused-ring (bicyclic) bond motifs is 1. The van der Waals surface area contributed by atoms with E-state index in [0.29, 0.717) is 28.4 Å². The molecule has 0 amide bonds. The van der Waals surface area contributed by atoms with Gasteiger partial charge in [-0.15, -0.1) is 5.10 Å². The van der Waals surface area contributed by atoms with E-state index < -0.39 is 0 Å². The number of anilines is 2. The summed E-state index contributed by atoms with van der Waals surface area (Å²) in [5.74, 6) is 1.33. The van der Waals surface area contributed by atoms with Crippen LogP contribution in [-0.4, -0.2) is 18.7 Å². The lowest BCUT2D eigenvalue weighted by molar-refractivity contribution is 0.862. The first-order valence-corrected chi connectivity index (χ1v) is 8.07. The summed E-state index contributed by atoms with van der Waals surface area (Å²) >= 11 is 12.2.